The van der Waals surface area contributed by atoms with Gasteiger partial charge in [-0.15, -0.1) is 11.3 Å². The molecule has 2 amide bonds. The van der Waals surface area contributed by atoms with Gasteiger partial charge in [0.05, 0.1) is 19.8 Å². The highest BCUT2D eigenvalue weighted by Gasteiger charge is 2.27. The van der Waals surface area contributed by atoms with Crippen LogP contribution in [0.15, 0.2) is 0 Å². The van der Waals surface area contributed by atoms with Crippen LogP contribution < -0.4 is 10.6 Å². The first-order valence-electron chi connectivity index (χ1n) is 9.81. The highest BCUT2D eigenvalue weighted by atomic mass is 32.1. The summed E-state index contributed by atoms with van der Waals surface area (Å²) in [6.45, 7) is 0.573. The molecule has 0 spiro atoms. The van der Waals surface area contributed by atoms with Crippen molar-refractivity contribution in [1.29, 1.82) is 0 Å². The lowest BCUT2D eigenvalue weighted by atomic mass is 9.89. The number of carbonyl (C=O) groups excluding carboxylic acids is 5. The average Bonchev–Trinajstić information content (AvgIpc) is 3.10. The summed E-state index contributed by atoms with van der Waals surface area (Å²) in [6, 6.07) is 0. The van der Waals surface area contributed by atoms with E-state index < -0.39 is 30.4 Å². The van der Waals surface area contributed by atoms with Crippen LogP contribution in [0, 0.1) is 12.8 Å². The molecule has 170 valence electrons. The molecule has 0 unspecified atom stereocenters. The SMILES string of the molecule is COC(=O)c1sc(NC(=O)COC(=O)CNC(=O)C2CCCCC2)c(C(=O)OC)c1C. The maximum absolute atomic E-state index is 12.2. The molecule has 2 rings (SSSR count). The number of ether oxygens (including phenoxy) is 3. The molecular formula is C20H26N2O8S. The molecule has 1 aliphatic rings. The van der Waals surface area contributed by atoms with E-state index in [1.165, 1.54) is 21.1 Å². The number of hydrogen-bond donors (Lipinski definition) is 2. The Morgan fingerprint density at radius 1 is 1.00 bits per heavy atom. The van der Waals surface area contributed by atoms with E-state index in [2.05, 4.69) is 15.4 Å². The summed E-state index contributed by atoms with van der Waals surface area (Å²) in [5, 5.41) is 5.06. The van der Waals surface area contributed by atoms with Gasteiger partial charge in [0.15, 0.2) is 6.61 Å². The van der Waals surface area contributed by atoms with Gasteiger partial charge in [0.1, 0.15) is 16.4 Å². The molecule has 11 heteroatoms. The first kappa shape index (κ1) is 24.3. The molecule has 2 N–H and O–H groups in total. The molecule has 1 saturated carbocycles. The number of thiophene rings is 1. The highest BCUT2D eigenvalue weighted by Crippen LogP contribution is 2.34. The van der Waals surface area contributed by atoms with E-state index in [9.17, 15) is 24.0 Å². The summed E-state index contributed by atoms with van der Waals surface area (Å²) < 4.78 is 14.3. The van der Waals surface area contributed by atoms with Crippen molar-refractivity contribution in [1.82, 2.24) is 5.32 Å². The van der Waals surface area contributed by atoms with Crippen LogP contribution in [0.25, 0.3) is 0 Å². The molecular weight excluding hydrogens is 428 g/mol. The maximum Gasteiger partial charge on any atom is 0.348 e. The predicted octanol–water partition coefficient (Wildman–Crippen LogP) is 1.81. The predicted molar refractivity (Wildman–Crippen MR) is 111 cm³/mol. The number of amides is 2. The normalized spacial score (nSPS) is 13.8. The van der Waals surface area contributed by atoms with Gasteiger partial charge in [0, 0.05) is 5.92 Å². The van der Waals surface area contributed by atoms with Gasteiger partial charge >= 0.3 is 17.9 Å². The Morgan fingerprint density at radius 2 is 1.65 bits per heavy atom. The van der Waals surface area contributed by atoms with Crippen molar-refractivity contribution in [2.75, 3.05) is 32.7 Å². The van der Waals surface area contributed by atoms with Crippen molar-refractivity contribution in [3.63, 3.8) is 0 Å². The molecule has 1 aliphatic carbocycles. The summed E-state index contributed by atoms with van der Waals surface area (Å²) >= 11 is 0.850. The van der Waals surface area contributed by atoms with Crippen LogP contribution in [0.2, 0.25) is 0 Å². The first-order valence-corrected chi connectivity index (χ1v) is 10.6. The van der Waals surface area contributed by atoms with Gasteiger partial charge in [-0.05, 0) is 25.3 Å². The largest absolute Gasteiger partial charge is 0.465 e. The van der Waals surface area contributed by atoms with Crippen molar-refractivity contribution in [3.05, 3.63) is 16.0 Å². The standard InChI is InChI=1S/C20H26N2O8S/c1-11-15(19(26)28-2)18(31-16(11)20(27)29-3)22-13(23)10-30-14(24)9-21-17(25)12-7-5-4-6-8-12/h12H,4-10H2,1-3H3,(H,21,25)(H,22,23). The third kappa shape index (κ3) is 6.51. The van der Waals surface area contributed by atoms with E-state index in [0.29, 0.717) is 5.56 Å². The van der Waals surface area contributed by atoms with Gasteiger partial charge in [0.2, 0.25) is 5.91 Å². The summed E-state index contributed by atoms with van der Waals surface area (Å²) in [4.78, 5) is 60.2. The Morgan fingerprint density at radius 3 is 2.26 bits per heavy atom. The number of methoxy groups -OCH3 is 2. The van der Waals surface area contributed by atoms with Crippen LogP contribution in [-0.4, -0.2) is 57.1 Å². The number of nitrogens with one attached hydrogen (secondary N) is 2. The zero-order chi connectivity index (χ0) is 23.0. The number of carbonyl (C=O) groups is 5. The minimum atomic E-state index is -0.759. The Kier molecular flexibility index (Phi) is 8.98. The molecule has 0 atom stereocenters. The van der Waals surface area contributed by atoms with Crippen LogP contribution in [0.3, 0.4) is 0 Å². The van der Waals surface area contributed by atoms with Gasteiger partial charge in [0.25, 0.3) is 5.91 Å². The lowest BCUT2D eigenvalue weighted by Gasteiger charge is -2.20. The molecule has 0 aliphatic heterocycles. The fraction of sp³-hybridized carbons (Fsp3) is 0.550. The van der Waals surface area contributed by atoms with E-state index in [1.807, 2.05) is 0 Å². The van der Waals surface area contributed by atoms with E-state index in [-0.39, 0.29) is 33.8 Å². The Balaban J connectivity index is 1.90. The van der Waals surface area contributed by atoms with Gasteiger partial charge in [-0.1, -0.05) is 19.3 Å². The molecule has 0 radical (unpaired) electrons. The molecule has 1 fully saturated rings. The maximum atomic E-state index is 12.2. The quantitative estimate of drug-likeness (QED) is 0.448. The summed E-state index contributed by atoms with van der Waals surface area (Å²) in [5.41, 5.74) is 0.328. The van der Waals surface area contributed by atoms with Crippen molar-refractivity contribution in [2.45, 2.75) is 39.0 Å². The zero-order valence-electron chi connectivity index (χ0n) is 17.7. The van der Waals surface area contributed by atoms with Gasteiger partial charge in [-0.2, -0.15) is 0 Å². The van der Waals surface area contributed by atoms with E-state index >= 15 is 0 Å². The van der Waals surface area contributed by atoms with Crippen molar-refractivity contribution in [3.8, 4) is 0 Å². The summed E-state index contributed by atoms with van der Waals surface area (Å²) in [5.74, 6) is -3.14. The molecule has 1 aromatic rings. The van der Waals surface area contributed by atoms with Crippen molar-refractivity contribution < 1.29 is 38.2 Å². The fourth-order valence-electron chi connectivity index (χ4n) is 3.26. The molecule has 10 nitrogen and oxygen atoms in total. The number of anilines is 1. The van der Waals surface area contributed by atoms with Crippen LogP contribution in [-0.2, 0) is 28.6 Å². The zero-order valence-corrected chi connectivity index (χ0v) is 18.5. The minimum absolute atomic E-state index is 0.0207. The van der Waals surface area contributed by atoms with Gasteiger partial charge in [-0.3, -0.25) is 14.4 Å². The lowest BCUT2D eigenvalue weighted by molar-refractivity contribution is -0.147. The molecule has 31 heavy (non-hydrogen) atoms. The van der Waals surface area contributed by atoms with E-state index in [4.69, 9.17) is 9.47 Å². The number of hydrogen-bond acceptors (Lipinski definition) is 9. The fourth-order valence-corrected chi connectivity index (χ4v) is 4.39. The van der Waals surface area contributed by atoms with Gasteiger partial charge < -0.3 is 24.8 Å². The summed E-state index contributed by atoms with van der Waals surface area (Å²) in [7, 11) is 2.37. The van der Waals surface area contributed by atoms with E-state index in [0.717, 1.165) is 43.4 Å². The van der Waals surface area contributed by atoms with Crippen LogP contribution >= 0.6 is 11.3 Å². The Hall–Kier alpha value is -2.95. The third-order valence-electron chi connectivity index (χ3n) is 4.91. The van der Waals surface area contributed by atoms with Crippen LogP contribution in [0.4, 0.5) is 5.00 Å². The monoisotopic (exact) mass is 454 g/mol. The third-order valence-corrected chi connectivity index (χ3v) is 6.09. The minimum Gasteiger partial charge on any atom is -0.465 e. The van der Waals surface area contributed by atoms with Crippen molar-refractivity contribution in [2.24, 2.45) is 5.92 Å². The van der Waals surface area contributed by atoms with E-state index in [1.54, 1.807) is 0 Å². The highest BCUT2D eigenvalue weighted by molar-refractivity contribution is 7.18. The first-order chi connectivity index (χ1) is 14.8. The summed E-state index contributed by atoms with van der Waals surface area (Å²) in [6.07, 6.45) is 4.72. The van der Waals surface area contributed by atoms with Crippen molar-refractivity contribution >= 4 is 46.1 Å². The molecule has 1 heterocycles. The molecule has 0 bridgehead atoms. The van der Waals surface area contributed by atoms with Gasteiger partial charge in [-0.25, -0.2) is 9.59 Å². The lowest BCUT2D eigenvalue weighted by Crippen LogP contribution is -2.36. The number of esters is 3. The second kappa shape index (κ2) is 11.4. The molecule has 1 aromatic heterocycles. The Labute approximate surface area is 183 Å². The average molecular weight is 455 g/mol. The topological polar surface area (TPSA) is 137 Å². The molecule has 0 saturated heterocycles. The van der Waals surface area contributed by atoms with Crippen LogP contribution in [0.1, 0.15) is 57.7 Å². The number of rotatable bonds is 8. The second-order valence-corrected chi connectivity index (χ2v) is 8.03. The smallest absolute Gasteiger partial charge is 0.348 e. The molecule has 0 aromatic carbocycles. The second-order valence-electron chi connectivity index (χ2n) is 7.01. The Bertz CT molecular complexity index is 858. The van der Waals surface area contributed by atoms with Crippen LogP contribution in [0.5, 0.6) is 0 Å².